The molecule has 0 bridgehead atoms. The van der Waals surface area contributed by atoms with Crippen molar-refractivity contribution < 1.29 is 13.2 Å². The molecule has 0 aliphatic carbocycles. The van der Waals surface area contributed by atoms with Gasteiger partial charge in [0.1, 0.15) is 6.07 Å². The molecule has 1 aliphatic heterocycles. The lowest BCUT2D eigenvalue weighted by molar-refractivity contribution is 0.0755. The predicted molar refractivity (Wildman–Crippen MR) is 133 cm³/mol. The third-order valence-corrected chi connectivity index (χ3v) is 8.44. The Balaban J connectivity index is 1.43. The van der Waals surface area contributed by atoms with E-state index >= 15 is 0 Å². The summed E-state index contributed by atoms with van der Waals surface area (Å²) in [4.78, 5) is 19.1. The number of sulfonamides is 1. The van der Waals surface area contributed by atoms with Crippen molar-refractivity contribution in [3.05, 3.63) is 102 Å². The van der Waals surface area contributed by atoms with Crippen molar-refractivity contribution in [3.63, 3.8) is 0 Å². The summed E-state index contributed by atoms with van der Waals surface area (Å²) in [5.41, 5.74) is 2.52. The molecule has 7 nitrogen and oxygen atoms in total. The molecule has 1 fully saturated rings. The van der Waals surface area contributed by atoms with Crippen molar-refractivity contribution in [2.75, 3.05) is 26.2 Å². The summed E-state index contributed by atoms with van der Waals surface area (Å²) < 4.78 is 27.9. The second-order valence-corrected chi connectivity index (χ2v) is 10.4. The van der Waals surface area contributed by atoms with E-state index in [2.05, 4.69) is 4.98 Å². The molecular weight excluding hydrogens is 460 g/mol. The zero-order valence-corrected chi connectivity index (χ0v) is 19.8. The summed E-state index contributed by atoms with van der Waals surface area (Å²) in [5, 5.41) is 10.2. The van der Waals surface area contributed by atoms with E-state index in [4.69, 9.17) is 0 Å². The van der Waals surface area contributed by atoms with Crippen LogP contribution in [0.15, 0.2) is 90.0 Å². The number of ketones is 1. The number of Topliss-reactive ketones (excluding diaryl/α,β-unsaturated/α-hetero) is 1. The summed E-state index contributed by atoms with van der Waals surface area (Å²) in [5.74, 6) is -0.0280. The molecule has 8 heteroatoms. The number of H-pyrrole nitrogens is 1. The fourth-order valence-corrected chi connectivity index (χ4v) is 6.28. The Kier molecular flexibility index (Phi) is 6.22. The molecule has 1 aromatic heterocycles. The summed E-state index contributed by atoms with van der Waals surface area (Å²) in [6.45, 7) is 1.24. The predicted octanol–water partition coefficient (Wildman–Crippen LogP) is 3.97. The molecule has 0 spiro atoms. The topological polar surface area (TPSA) is 97.3 Å². The lowest BCUT2D eigenvalue weighted by atomic mass is 9.95. The number of para-hydroxylation sites is 1. The van der Waals surface area contributed by atoms with Gasteiger partial charge in [-0.05, 0) is 23.8 Å². The Morgan fingerprint density at radius 2 is 1.54 bits per heavy atom. The highest BCUT2D eigenvalue weighted by atomic mass is 32.2. The minimum Gasteiger partial charge on any atom is -0.360 e. The maximum atomic E-state index is 13.9. The van der Waals surface area contributed by atoms with Crippen LogP contribution in [-0.2, 0) is 10.0 Å². The van der Waals surface area contributed by atoms with Crippen molar-refractivity contribution in [1.29, 1.82) is 5.26 Å². The Morgan fingerprint density at radius 1 is 0.886 bits per heavy atom. The van der Waals surface area contributed by atoms with Crippen LogP contribution in [0.2, 0.25) is 0 Å². The molecule has 0 unspecified atom stereocenters. The SMILES string of the molecule is N#Cc1ccccc1S(=O)(=O)N1CCN([C@H](C(=O)c2c[nH]c3ccccc23)c2ccccc2)CC1. The van der Waals surface area contributed by atoms with E-state index < -0.39 is 16.1 Å². The maximum absolute atomic E-state index is 13.9. The average molecular weight is 485 g/mol. The number of hydrogen-bond donors (Lipinski definition) is 1. The minimum absolute atomic E-state index is 0.0189. The van der Waals surface area contributed by atoms with E-state index in [9.17, 15) is 18.5 Å². The van der Waals surface area contributed by atoms with Gasteiger partial charge in [-0.1, -0.05) is 60.7 Å². The number of nitrogens with one attached hydrogen (secondary N) is 1. The number of carbonyl (C=O) groups excluding carboxylic acids is 1. The minimum atomic E-state index is -3.82. The smallest absolute Gasteiger partial charge is 0.244 e. The standard InChI is InChI=1S/C27H24N4O3S/c28-18-21-10-4-7-13-25(21)35(33,34)31-16-14-30(15-17-31)26(20-8-2-1-3-9-20)27(32)23-19-29-24-12-6-5-11-22(23)24/h1-13,19,26,29H,14-17H2/t26-/m0/s1. The third kappa shape index (κ3) is 4.26. The van der Waals surface area contributed by atoms with Crippen LogP contribution in [0.3, 0.4) is 0 Å². The molecule has 1 aliphatic rings. The quantitative estimate of drug-likeness (QED) is 0.418. The molecular formula is C27H24N4O3S. The number of benzene rings is 3. The highest BCUT2D eigenvalue weighted by Crippen LogP contribution is 2.31. The molecule has 176 valence electrons. The van der Waals surface area contributed by atoms with Crippen molar-refractivity contribution >= 4 is 26.7 Å². The number of aromatic amines is 1. The lowest BCUT2D eigenvalue weighted by Gasteiger charge is -2.38. The number of rotatable bonds is 6. The molecule has 4 aromatic rings. The van der Waals surface area contributed by atoms with E-state index in [-0.39, 0.29) is 29.3 Å². The summed E-state index contributed by atoms with van der Waals surface area (Å²) in [6, 6.07) is 25.0. The molecule has 5 rings (SSSR count). The van der Waals surface area contributed by atoms with Crippen LogP contribution >= 0.6 is 0 Å². The first-order valence-corrected chi connectivity index (χ1v) is 12.8. The van der Waals surface area contributed by atoms with E-state index in [0.717, 1.165) is 16.5 Å². The van der Waals surface area contributed by atoms with Crippen LogP contribution in [0.4, 0.5) is 0 Å². The van der Waals surface area contributed by atoms with Gasteiger partial charge in [-0.15, -0.1) is 0 Å². The number of hydrogen-bond acceptors (Lipinski definition) is 5. The molecule has 1 N–H and O–H groups in total. The van der Waals surface area contributed by atoms with Gasteiger partial charge in [0.15, 0.2) is 5.78 Å². The highest BCUT2D eigenvalue weighted by Gasteiger charge is 2.36. The molecule has 2 heterocycles. The van der Waals surface area contributed by atoms with Gasteiger partial charge in [-0.25, -0.2) is 8.42 Å². The molecule has 0 saturated carbocycles. The van der Waals surface area contributed by atoms with Gasteiger partial charge in [0.25, 0.3) is 0 Å². The van der Waals surface area contributed by atoms with Gasteiger partial charge >= 0.3 is 0 Å². The van der Waals surface area contributed by atoms with E-state index in [1.54, 1.807) is 18.3 Å². The molecule has 0 amide bonds. The van der Waals surface area contributed by atoms with Crippen LogP contribution < -0.4 is 0 Å². The summed E-state index contributed by atoms with van der Waals surface area (Å²) >= 11 is 0. The van der Waals surface area contributed by atoms with Gasteiger partial charge in [-0.2, -0.15) is 9.57 Å². The van der Waals surface area contributed by atoms with Gasteiger partial charge in [0, 0.05) is 48.8 Å². The fourth-order valence-electron chi connectivity index (χ4n) is 4.71. The first-order chi connectivity index (χ1) is 17.0. The molecule has 35 heavy (non-hydrogen) atoms. The van der Waals surface area contributed by atoms with Crippen molar-refractivity contribution in [2.45, 2.75) is 10.9 Å². The van der Waals surface area contributed by atoms with Gasteiger partial charge in [-0.3, -0.25) is 9.69 Å². The van der Waals surface area contributed by atoms with Crippen molar-refractivity contribution in [3.8, 4) is 6.07 Å². The van der Waals surface area contributed by atoms with Crippen molar-refractivity contribution in [1.82, 2.24) is 14.2 Å². The monoisotopic (exact) mass is 484 g/mol. The number of nitriles is 1. The number of piperazine rings is 1. The normalized spacial score (nSPS) is 16.1. The maximum Gasteiger partial charge on any atom is 0.244 e. The van der Waals surface area contributed by atoms with E-state index in [0.29, 0.717) is 18.7 Å². The van der Waals surface area contributed by atoms with Gasteiger partial charge in [0.2, 0.25) is 10.0 Å². The first kappa shape index (κ1) is 23.0. The Hall–Kier alpha value is -3.77. The van der Waals surface area contributed by atoms with Crippen LogP contribution in [0, 0.1) is 11.3 Å². The van der Waals surface area contributed by atoms with Crippen LogP contribution in [-0.4, -0.2) is 54.6 Å². The largest absolute Gasteiger partial charge is 0.360 e. The average Bonchev–Trinajstić information content (AvgIpc) is 3.34. The van der Waals surface area contributed by atoms with Crippen LogP contribution in [0.25, 0.3) is 10.9 Å². The van der Waals surface area contributed by atoms with Crippen molar-refractivity contribution in [2.24, 2.45) is 0 Å². The molecule has 1 saturated heterocycles. The Morgan fingerprint density at radius 3 is 2.29 bits per heavy atom. The third-order valence-electron chi connectivity index (χ3n) is 6.48. The number of carbonyl (C=O) groups is 1. The second kappa shape index (κ2) is 9.47. The molecule has 1 atom stereocenters. The Labute approximate surface area is 204 Å². The van der Waals surface area contributed by atoms with Crippen LogP contribution in [0.1, 0.15) is 27.5 Å². The lowest BCUT2D eigenvalue weighted by Crippen LogP contribution is -2.51. The Bertz CT molecular complexity index is 1510. The second-order valence-electron chi connectivity index (χ2n) is 8.47. The van der Waals surface area contributed by atoms with E-state index in [1.807, 2.05) is 65.6 Å². The highest BCUT2D eigenvalue weighted by molar-refractivity contribution is 7.89. The summed E-state index contributed by atoms with van der Waals surface area (Å²) in [6.07, 6.45) is 1.75. The first-order valence-electron chi connectivity index (χ1n) is 11.4. The fraction of sp³-hybridized carbons (Fsp3) is 0.185. The van der Waals surface area contributed by atoms with Gasteiger partial charge in [0.05, 0.1) is 16.5 Å². The van der Waals surface area contributed by atoms with Gasteiger partial charge < -0.3 is 4.98 Å². The zero-order valence-electron chi connectivity index (χ0n) is 19.0. The van der Waals surface area contributed by atoms with Crippen LogP contribution in [0.5, 0.6) is 0 Å². The number of nitrogens with zero attached hydrogens (tertiary/aromatic N) is 3. The number of fused-ring (bicyclic) bond motifs is 1. The summed E-state index contributed by atoms with van der Waals surface area (Å²) in [7, 11) is -3.82. The number of aromatic nitrogens is 1. The molecule has 3 aromatic carbocycles. The zero-order chi connectivity index (χ0) is 24.4. The molecule has 0 radical (unpaired) electrons. The van der Waals surface area contributed by atoms with E-state index in [1.165, 1.54) is 16.4 Å².